The molecule has 0 aliphatic carbocycles. The Hall–Kier alpha value is -1.77. The molecule has 0 atom stereocenters. The Balaban J connectivity index is 2.59. The molecule has 1 N–H and O–H groups in total. The second-order valence-corrected chi connectivity index (χ2v) is 3.37. The van der Waals surface area contributed by atoms with Crippen LogP contribution in [0, 0.1) is 0 Å². The Labute approximate surface area is 89.4 Å². The van der Waals surface area contributed by atoms with E-state index in [4.69, 9.17) is 0 Å². The first kappa shape index (κ1) is 9.77. The standard InChI is InChI=1S/C12H15N3/c1-3-15-9-10(8-14-13-2)11-6-4-5-7-12(11)15/h4-9,13H,3H2,1-2H3/b14-8+. The number of rotatable bonds is 3. The van der Waals surface area contributed by atoms with Crippen LogP contribution in [0.4, 0.5) is 0 Å². The van der Waals surface area contributed by atoms with Gasteiger partial charge in [-0.2, -0.15) is 5.10 Å². The third-order valence-corrected chi connectivity index (χ3v) is 2.49. The van der Waals surface area contributed by atoms with E-state index >= 15 is 0 Å². The number of nitrogens with zero attached hydrogens (tertiary/aromatic N) is 2. The molecule has 0 aliphatic heterocycles. The summed E-state index contributed by atoms with van der Waals surface area (Å²) < 4.78 is 2.23. The van der Waals surface area contributed by atoms with Gasteiger partial charge in [-0.05, 0) is 13.0 Å². The molecular formula is C12H15N3. The molecule has 0 spiro atoms. The molecule has 0 radical (unpaired) electrons. The maximum atomic E-state index is 4.05. The summed E-state index contributed by atoms with van der Waals surface area (Å²) in [7, 11) is 1.80. The van der Waals surface area contributed by atoms with Crippen molar-refractivity contribution in [1.29, 1.82) is 0 Å². The van der Waals surface area contributed by atoms with E-state index in [0.29, 0.717) is 0 Å². The highest BCUT2D eigenvalue weighted by atomic mass is 15.3. The molecule has 78 valence electrons. The number of fused-ring (bicyclic) bond motifs is 1. The fourth-order valence-electron chi connectivity index (χ4n) is 1.77. The van der Waals surface area contributed by atoms with Crippen LogP contribution < -0.4 is 5.43 Å². The molecule has 2 rings (SSSR count). The summed E-state index contributed by atoms with van der Waals surface area (Å²) in [6, 6.07) is 8.38. The molecule has 1 aromatic heterocycles. The number of nitrogens with one attached hydrogen (secondary N) is 1. The Kier molecular flexibility index (Phi) is 2.72. The van der Waals surface area contributed by atoms with Crippen molar-refractivity contribution in [2.24, 2.45) is 5.10 Å². The fourth-order valence-corrected chi connectivity index (χ4v) is 1.77. The number of para-hydroxylation sites is 1. The summed E-state index contributed by atoms with van der Waals surface area (Å²) in [5.74, 6) is 0. The first-order valence-corrected chi connectivity index (χ1v) is 5.14. The molecule has 1 aromatic carbocycles. The summed E-state index contributed by atoms with van der Waals surface area (Å²) in [5.41, 5.74) is 5.18. The lowest BCUT2D eigenvalue weighted by Crippen LogP contribution is -1.94. The third kappa shape index (κ3) is 1.73. The lowest BCUT2D eigenvalue weighted by molar-refractivity contribution is 0.797. The normalized spacial score (nSPS) is 11.3. The van der Waals surface area contributed by atoms with Gasteiger partial charge in [0.25, 0.3) is 0 Å². The highest BCUT2D eigenvalue weighted by Crippen LogP contribution is 2.19. The summed E-state index contributed by atoms with van der Waals surface area (Å²) in [4.78, 5) is 0. The van der Waals surface area contributed by atoms with Gasteiger partial charge in [0.2, 0.25) is 0 Å². The van der Waals surface area contributed by atoms with Crippen LogP contribution in [0.1, 0.15) is 12.5 Å². The van der Waals surface area contributed by atoms with Crippen LogP contribution in [-0.2, 0) is 6.54 Å². The number of hydrogen-bond acceptors (Lipinski definition) is 2. The predicted octanol–water partition coefficient (Wildman–Crippen LogP) is 2.21. The smallest absolute Gasteiger partial charge is 0.0561 e. The summed E-state index contributed by atoms with van der Waals surface area (Å²) in [6.45, 7) is 3.12. The molecule has 15 heavy (non-hydrogen) atoms. The third-order valence-electron chi connectivity index (χ3n) is 2.49. The van der Waals surface area contributed by atoms with Gasteiger partial charge < -0.3 is 9.99 Å². The monoisotopic (exact) mass is 201 g/mol. The van der Waals surface area contributed by atoms with Crippen molar-refractivity contribution in [2.75, 3.05) is 7.05 Å². The first-order valence-electron chi connectivity index (χ1n) is 5.14. The van der Waals surface area contributed by atoms with Gasteiger partial charge in [0.1, 0.15) is 0 Å². The Morgan fingerprint density at radius 3 is 2.93 bits per heavy atom. The first-order chi connectivity index (χ1) is 7.36. The van der Waals surface area contributed by atoms with Crippen molar-refractivity contribution < 1.29 is 0 Å². The minimum absolute atomic E-state index is 0.980. The summed E-state index contributed by atoms with van der Waals surface area (Å²) in [5, 5.41) is 5.30. The van der Waals surface area contributed by atoms with Crippen LogP contribution in [0.15, 0.2) is 35.6 Å². The molecule has 0 bridgehead atoms. The van der Waals surface area contributed by atoms with E-state index in [0.717, 1.165) is 12.1 Å². The molecule has 1 heterocycles. The summed E-state index contributed by atoms with van der Waals surface area (Å²) in [6.07, 6.45) is 3.99. The quantitative estimate of drug-likeness (QED) is 0.598. The van der Waals surface area contributed by atoms with Gasteiger partial charge in [-0.25, -0.2) is 0 Å². The second kappa shape index (κ2) is 4.17. The number of benzene rings is 1. The maximum Gasteiger partial charge on any atom is 0.0561 e. The van der Waals surface area contributed by atoms with Gasteiger partial charge in [0.15, 0.2) is 0 Å². The zero-order valence-electron chi connectivity index (χ0n) is 9.07. The number of aryl methyl sites for hydroxylation is 1. The molecule has 2 aromatic rings. The Morgan fingerprint density at radius 2 is 2.20 bits per heavy atom. The van der Waals surface area contributed by atoms with Crippen LogP contribution in [0.3, 0.4) is 0 Å². The van der Waals surface area contributed by atoms with E-state index in [-0.39, 0.29) is 0 Å². The number of aromatic nitrogens is 1. The largest absolute Gasteiger partial charge is 0.347 e. The fraction of sp³-hybridized carbons (Fsp3) is 0.250. The van der Waals surface area contributed by atoms with Gasteiger partial charge >= 0.3 is 0 Å². The van der Waals surface area contributed by atoms with E-state index in [1.165, 1.54) is 10.9 Å². The molecule has 0 saturated heterocycles. The van der Waals surface area contributed by atoms with Crippen LogP contribution >= 0.6 is 0 Å². The molecular weight excluding hydrogens is 186 g/mol. The number of hydrazone groups is 1. The summed E-state index contributed by atoms with van der Waals surface area (Å²) >= 11 is 0. The van der Waals surface area contributed by atoms with E-state index < -0.39 is 0 Å². The highest BCUT2D eigenvalue weighted by molar-refractivity contribution is 5.99. The Morgan fingerprint density at radius 1 is 1.40 bits per heavy atom. The van der Waals surface area contributed by atoms with Crippen molar-refractivity contribution in [3.8, 4) is 0 Å². The lowest BCUT2D eigenvalue weighted by atomic mass is 10.2. The second-order valence-electron chi connectivity index (χ2n) is 3.37. The van der Waals surface area contributed by atoms with Crippen molar-refractivity contribution in [2.45, 2.75) is 13.5 Å². The van der Waals surface area contributed by atoms with Crippen LogP contribution in [0.5, 0.6) is 0 Å². The highest BCUT2D eigenvalue weighted by Gasteiger charge is 2.04. The van der Waals surface area contributed by atoms with Gasteiger partial charge in [-0.1, -0.05) is 18.2 Å². The van der Waals surface area contributed by atoms with Gasteiger partial charge in [-0.15, -0.1) is 0 Å². The van der Waals surface area contributed by atoms with Gasteiger partial charge in [-0.3, -0.25) is 0 Å². The topological polar surface area (TPSA) is 29.3 Å². The molecule has 0 aliphatic rings. The molecule has 0 saturated carbocycles. The zero-order chi connectivity index (χ0) is 10.7. The number of hydrogen-bond donors (Lipinski definition) is 1. The van der Waals surface area contributed by atoms with Gasteiger partial charge in [0.05, 0.1) is 6.21 Å². The van der Waals surface area contributed by atoms with E-state index in [9.17, 15) is 0 Å². The van der Waals surface area contributed by atoms with Crippen LogP contribution in [-0.4, -0.2) is 17.8 Å². The molecule has 3 heteroatoms. The van der Waals surface area contributed by atoms with Crippen molar-refractivity contribution in [3.63, 3.8) is 0 Å². The minimum Gasteiger partial charge on any atom is -0.347 e. The van der Waals surface area contributed by atoms with E-state index in [1.807, 2.05) is 6.21 Å². The van der Waals surface area contributed by atoms with Crippen molar-refractivity contribution in [3.05, 3.63) is 36.0 Å². The molecule has 0 unspecified atom stereocenters. The molecule has 0 amide bonds. The van der Waals surface area contributed by atoms with Crippen LogP contribution in [0.2, 0.25) is 0 Å². The van der Waals surface area contributed by atoms with Crippen LogP contribution in [0.25, 0.3) is 10.9 Å². The zero-order valence-corrected chi connectivity index (χ0v) is 9.07. The van der Waals surface area contributed by atoms with Gasteiger partial charge in [0, 0.05) is 36.3 Å². The predicted molar refractivity (Wildman–Crippen MR) is 64.3 cm³/mol. The molecule has 0 fully saturated rings. The van der Waals surface area contributed by atoms with Crippen molar-refractivity contribution in [1.82, 2.24) is 9.99 Å². The SMILES string of the molecule is CCn1cc(/C=N/NC)c2ccccc21. The Bertz CT molecular complexity index is 483. The maximum absolute atomic E-state index is 4.05. The van der Waals surface area contributed by atoms with E-state index in [2.05, 4.69) is 52.5 Å². The van der Waals surface area contributed by atoms with Crippen molar-refractivity contribution >= 4 is 17.1 Å². The molecule has 3 nitrogen and oxygen atoms in total. The minimum atomic E-state index is 0.980. The van der Waals surface area contributed by atoms with E-state index in [1.54, 1.807) is 7.05 Å². The average molecular weight is 201 g/mol. The average Bonchev–Trinajstić information content (AvgIpc) is 2.65. The lowest BCUT2D eigenvalue weighted by Gasteiger charge is -1.97.